The molecular formula is C12H16ClN5O. The van der Waals surface area contributed by atoms with E-state index < -0.39 is 0 Å². The average Bonchev–Trinajstić information content (AvgIpc) is 2.85. The van der Waals surface area contributed by atoms with Crippen molar-refractivity contribution in [1.82, 2.24) is 19.6 Å². The van der Waals surface area contributed by atoms with Gasteiger partial charge in [-0.25, -0.2) is 0 Å². The molecule has 2 unspecified atom stereocenters. The molecule has 1 aliphatic carbocycles. The van der Waals surface area contributed by atoms with Crippen LogP contribution < -0.4 is 5.32 Å². The van der Waals surface area contributed by atoms with Crippen LogP contribution in [0, 0.1) is 6.92 Å². The Kier molecular flexibility index (Phi) is 3.28. The monoisotopic (exact) mass is 281 g/mol. The number of rotatable bonds is 2. The van der Waals surface area contributed by atoms with Crippen molar-refractivity contribution < 1.29 is 5.11 Å². The zero-order valence-electron chi connectivity index (χ0n) is 10.7. The summed E-state index contributed by atoms with van der Waals surface area (Å²) in [5, 5.41) is 18.0. The van der Waals surface area contributed by atoms with Crippen LogP contribution in [0.5, 0.6) is 0 Å². The summed E-state index contributed by atoms with van der Waals surface area (Å²) in [5.74, 6) is 1.22. The molecule has 2 atom stereocenters. The van der Waals surface area contributed by atoms with Gasteiger partial charge in [0.25, 0.3) is 5.78 Å². The van der Waals surface area contributed by atoms with E-state index in [0.717, 1.165) is 37.1 Å². The van der Waals surface area contributed by atoms with Crippen molar-refractivity contribution >= 4 is 23.2 Å². The summed E-state index contributed by atoms with van der Waals surface area (Å²) in [6.45, 7) is 1.88. The molecule has 2 aromatic rings. The molecular weight excluding hydrogens is 266 g/mol. The van der Waals surface area contributed by atoms with Crippen LogP contribution in [0.3, 0.4) is 0 Å². The highest BCUT2D eigenvalue weighted by Gasteiger charge is 2.25. The van der Waals surface area contributed by atoms with Crippen LogP contribution >= 0.6 is 11.6 Å². The first-order valence-corrected chi connectivity index (χ1v) is 6.85. The van der Waals surface area contributed by atoms with Crippen molar-refractivity contribution in [3.63, 3.8) is 0 Å². The maximum Gasteiger partial charge on any atom is 0.255 e. The first kappa shape index (κ1) is 12.6. The lowest BCUT2D eigenvalue weighted by molar-refractivity contribution is 0.116. The van der Waals surface area contributed by atoms with Gasteiger partial charge in [-0.1, -0.05) is 24.4 Å². The summed E-state index contributed by atoms with van der Waals surface area (Å²) < 4.78 is 1.63. The van der Waals surface area contributed by atoms with Crippen LogP contribution in [-0.4, -0.2) is 36.8 Å². The Morgan fingerprint density at radius 3 is 3.00 bits per heavy atom. The van der Waals surface area contributed by atoms with E-state index in [4.69, 9.17) is 11.6 Å². The van der Waals surface area contributed by atoms with Crippen molar-refractivity contribution in [3.8, 4) is 0 Å². The van der Waals surface area contributed by atoms with Crippen molar-refractivity contribution in [2.75, 3.05) is 5.32 Å². The van der Waals surface area contributed by atoms with Crippen molar-refractivity contribution in [2.24, 2.45) is 0 Å². The summed E-state index contributed by atoms with van der Waals surface area (Å²) in [7, 11) is 0. The first-order valence-electron chi connectivity index (χ1n) is 6.47. The lowest BCUT2D eigenvalue weighted by Gasteiger charge is -2.29. The van der Waals surface area contributed by atoms with Gasteiger partial charge < -0.3 is 10.4 Å². The van der Waals surface area contributed by atoms with E-state index in [9.17, 15) is 5.11 Å². The van der Waals surface area contributed by atoms with E-state index in [1.807, 2.05) is 6.92 Å². The Morgan fingerprint density at radius 1 is 1.42 bits per heavy atom. The number of halogens is 1. The minimum Gasteiger partial charge on any atom is -0.391 e. The minimum absolute atomic E-state index is 0.0262. The van der Waals surface area contributed by atoms with Gasteiger partial charge in [-0.3, -0.25) is 0 Å². The number of aliphatic hydroxyl groups is 1. The molecule has 3 rings (SSSR count). The van der Waals surface area contributed by atoms with Crippen LogP contribution in [-0.2, 0) is 0 Å². The van der Waals surface area contributed by atoms with Gasteiger partial charge >= 0.3 is 0 Å². The number of aromatic nitrogens is 4. The third kappa shape index (κ3) is 2.26. The van der Waals surface area contributed by atoms with Gasteiger partial charge in [-0.2, -0.15) is 19.6 Å². The fraction of sp³-hybridized carbons (Fsp3) is 0.583. The first-order chi connectivity index (χ1) is 9.16. The third-order valence-corrected chi connectivity index (χ3v) is 4.02. The number of fused-ring (bicyclic) bond motifs is 1. The molecule has 0 aromatic carbocycles. The van der Waals surface area contributed by atoms with Crippen molar-refractivity contribution in [2.45, 2.75) is 44.8 Å². The number of nitrogens with one attached hydrogen (secondary N) is 1. The number of aliphatic hydroxyl groups excluding tert-OH is 1. The molecule has 2 aromatic heterocycles. The molecule has 0 radical (unpaired) electrons. The molecule has 0 bridgehead atoms. The Bertz CT molecular complexity index is 599. The highest BCUT2D eigenvalue weighted by Crippen LogP contribution is 2.26. The topological polar surface area (TPSA) is 75.3 Å². The Morgan fingerprint density at radius 2 is 2.21 bits per heavy atom. The quantitative estimate of drug-likeness (QED) is 0.821. The highest BCUT2D eigenvalue weighted by molar-refractivity contribution is 6.30. The molecule has 0 aliphatic heterocycles. The van der Waals surface area contributed by atoms with Crippen LogP contribution in [0.4, 0.5) is 5.82 Å². The summed E-state index contributed by atoms with van der Waals surface area (Å²) in [5.41, 5.74) is 0.817. The normalized spacial score (nSPS) is 23.7. The van der Waals surface area contributed by atoms with Crippen molar-refractivity contribution in [3.05, 3.63) is 17.0 Å². The zero-order chi connectivity index (χ0) is 13.4. The van der Waals surface area contributed by atoms with Crippen LogP contribution in [0.2, 0.25) is 5.15 Å². The second-order valence-electron chi connectivity index (χ2n) is 4.95. The van der Waals surface area contributed by atoms with Gasteiger partial charge in [-0.15, -0.1) is 0 Å². The van der Waals surface area contributed by atoms with Gasteiger partial charge in [0, 0.05) is 5.56 Å². The van der Waals surface area contributed by atoms with E-state index in [2.05, 4.69) is 20.4 Å². The van der Waals surface area contributed by atoms with Gasteiger partial charge in [0.15, 0.2) is 0 Å². The van der Waals surface area contributed by atoms with Gasteiger partial charge in [0.2, 0.25) is 0 Å². The summed E-state index contributed by atoms with van der Waals surface area (Å²) in [6.07, 6.45) is 5.08. The molecule has 19 heavy (non-hydrogen) atoms. The molecule has 7 heteroatoms. The molecule has 1 saturated carbocycles. The van der Waals surface area contributed by atoms with E-state index in [1.54, 1.807) is 4.52 Å². The fourth-order valence-electron chi connectivity index (χ4n) is 2.52. The van der Waals surface area contributed by atoms with E-state index in [1.165, 1.54) is 6.33 Å². The van der Waals surface area contributed by atoms with Gasteiger partial charge in [0.05, 0.1) is 12.1 Å². The smallest absolute Gasteiger partial charge is 0.255 e. The van der Waals surface area contributed by atoms with Crippen LogP contribution in [0.25, 0.3) is 5.78 Å². The molecule has 6 nitrogen and oxygen atoms in total. The Balaban J connectivity index is 1.99. The second kappa shape index (κ2) is 4.94. The van der Waals surface area contributed by atoms with Crippen LogP contribution in [0.15, 0.2) is 6.33 Å². The predicted molar refractivity (Wildman–Crippen MR) is 72.4 cm³/mol. The number of nitrogens with zero attached hydrogens (tertiary/aromatic N) is 4. The lowest BCUT2D eigenvalue weighted by Crippen LogP contribution is -2.37. The lowest BCUT2D eigenvalue weighted by atomic mass is 9.92. The minimum atomic E-state index is -0.335. The van der Waals surface area contributed by atoms with Gasteiger partial charge in [0.1, 0.15) is 17.3 Å². The number of hydrogen-bond donors (Lipinski definition) is 2. The maximum atomic E-state index is 10.1. The summed E-state index contributed by atoms with van der Waals surface area (Å²) in [6, 6.07) is 0.0262. The standard InChI is InChI=1S/C12H16ClN5O/c1-7-10(13)17-12-14-6-15-18(12)11(7)16-8-4-2-3-5-9(8)19/h6,8-9,16,19H,2-5H2,1H3. The molecule has 0 spiro atoms. The summed E-state index contributed by atoms with van der Waals surface area (Å²) >= 11 is 6.11. The van der Waals surface area contributed by atoms with Gasteiger partial charge in [-0.05, 0) is 19.8 Å². The largest absolute Gasteiger partial charge is 0.391 e. The van der Waals surface area contributed by atoms with Crippen LogP contribution in [0.1, 0.15) is 31.2 Å². The average molecular weight is 282 g/mol. The summed E-state index contributed by atoms with van der Waals surface area (Å²) in [4.78, 5) is 8.21. The molecule has 102 valence electrons. The van der Waals surface area contributed by atoms with E-state index in [-0.39, 0.29) is 12.1 Å². The Labute approximate surface area is 115 Å². The molecule has 0 saturated heterocycles. The molecule has 2 heterocycles. The van der Waals surface area contributed by atoms with Crippen molar-refractivity contribution in [1.29, 1.82) is 0 Å². The van der Waals surface area contributed by atoms with E-state index >= 15 is 0 Å². The highest BCUT2D eigenvalue weighted by atomic mass is 35.5. The molecule has 0 amide bonds. The predicted octanol–water partition coefficient (Wildman–Crippen LogP) is 1.80. The maximum absolute atomic E-state index is 10.1. The molecule has 1 fully saturated rings. The Hall–Kier alpha value is -1.40. The molecule has 2 N–H and O–H groups in total. The third-order valence-electron chi connectivity index (χ3n) is 3.66. The second-order valence-corrected chi connectivity index (χ2v) is 5.31. The number of hydrogen-bond acceptors (Lipinski definition) is 5. The fourth-order valence-corrected chi connectivity index (χ4v) is 2.69. The molecule has 1 aliphatic rings. The SMILES string of the molecule is Cc1c(Cl)nc2ncnn2c1NC1CCCCC1O. The van der Waals surface area contributed by atoms with E-state index in [0.29, 0.717) is 10.9 Å². The number of anilines is 1. The zero-order valence-corrected chi connectivity index (χ0v) is 11.4.